The van der Waals surface area contributed by atoms with Crippen LogP contribution in [-0.4, -0.2) is 31.8 Å². The molecule has 0 aliphatic rings. The molecule has 0 unspecified atom stereocenters. The summed E-state index contributed by atoms with van der Waals surface area (Å²) in [7, 11) is 3.05. The second kappa shape index (κ2) is 13.0. The van der Waals surface area contributed by atoms with E-state index in [2.05, 4.69) is 10.6 Å². The largest absolute Gasteiger partial charge is 0.497 e. The number of hydrogen-bond acceptors (Lipinski definition) is 6. The van der Waals surface area contributed by atoms with E-state index in [4.69, 9.17) is 9.47 Å². The first-order chi connectivity index (χ1) is 19.0. The number of nitrogens with one attached hydrogen (secondary N) is 2. The molecular weight excluding hydrogens is 512 g/mol. The van der Waals surface area contributed by atoms with Crippen molar-refractivity contribution in [1.82, 2.24) is 5.32 Å². The van der Waals surface area contributed by atoms with Gasteiger partial charge in [-0.25, -0.2) is 0 Å². The molecule has 0 aliphatic carbocycles. The SMILES string of the molecule is COc1ccc(OC)c(/C=C(\NC(=O)c2ccccc2)C(=O)Nc2ccc(C(=O)/C=C/c3cccs3)cc2)c1. The van der Waals surface area contributed by atoms with Crippen LogP contribution < -0.4 is 20.1 Å². The molecule has 0 aliphatic heterocycles. The molecule has 4 aromatic rings. The number of methoxy groups -OCH3 is 2. The van der Waals surface area contributed by atoms with Gasteiger partial charge in [-0.05, 0) is 84.3 Å². The first-order valence-corrected chi connectivity index (χ1v) is 12.8. The number of thiophene rings is 1. The number of allylic oxidation sites excluding steroid dienone is 1. The van der Waals surface area contributed by atoms with E-state index in [0.717, 1.165) is 4.88 Å². The van der Waals surface area contributed by atoms with Crippen molar-refractivity contribution in [2.75, 3.05) is 19.5 Å². The van der Waals surface area contributed by atoms with Gasteiger partial charge in [-0.15, -0.1) is 11.3 Å². The molecule has 0 fully saturated rings. The lowest BCUT2D eigenvalue weighted by molar-refractivity contribution is -0.113. The normalized spacial score (nSPS) is 11.2. The highest BCUT2D eigenvalue weighted by atomic mass is 32.1. The third-order valence-electron chi connectivity index (χ3n) is 5.63. The Balaban J connectivity index is 1.57. The lowest BCUT2D eigenvalue weighted by atomic mass is 10.1. The highest BCUT2D eigenvalue weighted by Crippen LogP contribution is 2.26. The molecule has 0 bridgehead atoms. The van der Waals surface area contributed by atoms with Gasteiger partial charge in [0.2, 0.25) is 0 Å². The van der Waals surface area contributed by atoms with Gasteiger partial charge in [0.1, 0.15) is 17.2 Å². The van der Waals surface area contributed by atoms with Gasteiger partial charge < -0.3 is 20.1 Å². The van der Waals surface area contributed by atoms with Crippen LogP contribution in [0.3, 0.4) is 0 Å². The summed E-state index contributed by atoms with van der Waals surface area (Å²) in [5, 5.41) is 7.43. The zero-order chi connectivity index (χ0) is 27.6. The van der Waals surface area contributed by atoms with Crippen LogP contribution in [0.15, 0.2) is 102 Å². The number of benzene rings is 3. The Morgan fingerprint density at radius 3 is 2.26 bits per heavy atom. The summed E-state index contributed by atoms with van der Waals surface area (Å²) in [5.74, 6) is -0.0987. The van der Waals surface area contributed by atoms with E-state index < -0.39 is 11.8 Å². The van der Waals surface area contributed by atoms with Crippen molar-refractivity contribution < 1.29 is 23.9 Å². The monoisotopic (exact) mass is 538 g/mol. The number of hydrogen-bond donors (Lipinski definition) is 2. The van der Waals surface area contributed by atoms with Crippen LogP contribution in [0.1, 0.15) is 31.2 Å². The topological polar surface area (TPSA) is 93.7 Å². The number of carbonyl (C=O) groups is 3. The van der Waals surface area contributed by atoms with Gasteiger partial charge in [0, 0.05) is 27.3 Å². The Morgan fingerprint density at radius 2 is 1.59 bits per heavy atom. The van der Waals surface area contributed by atoms with Gasteiger partial charge in [-0.1, -0.05) is 24.3 Å². The molecule has 0 spiro atoms. The van der Waals surface area contributed by atoms with Crippen molar-refractivity contribution in [1.29, 1.82) is 0 Å². The second-order valence-corrected chi connectivity index (χ2v) is 9.21. The van der Waals surface area contributed by atoms with E-state index in [1.807, 2.05) is 17.5 Å². The van der Waals surface area contributed by atoms with Crippen molar-refractivity contribution in [3.63, 3.8) is 0 Å². The highest BCUT2D eigenvalue weighted by molar-refractivity contribution is 7.10. The fourth-order valence-corrected chi connectivity index (χ4v) is 4.22. The number of carbonyl (C=O) groups excluding carboxylic acids is 3. The predicted molar refractivity (Wildman–Crippen MR) is 154 cm³/mol. The fourth-order valence-electron chi connectivity index (χ4n) is 3.61. The molecule has 1 aromatic heterocycles. The van der Waals surface area contributed by atoms with Crippen LogP contribution in [0.4, 0.5) is 5.69 Å². The van der Waals surface area contributed by atoms with Gasteiger partial charge >= 0.3 is 0 Å². The second-order valence-electron chi connectivity index (χ2n) is 8.23. The van der Waals surface area contributed by atoms with Crippen LogP contribution in [0, 0.1) is 0 Å². The maximum atomic E-state index is 13.3. The van der Waals surface area contributed by atoms with E-state index in [-0.39, 0.29) is 11.5 Å². The van der Waals surface area contributed by atoms with E-state index in [0.29, 0.717) is 33.9 Å². The first kappa shape index (κ1) is 27.1. The molecule has 196 valence electrons. The zero-order valence-electron chi connectivity index (χ0n) is 21.3. The summed E-state index contributed by atoms with van der Waals surface area (Å²) in [4.78, 5) is 39.8. The van der Waals surface area contributed by atoms with Gasteiger partial charge in [-0.2, -0.15) is 0 Å². The van der Waals surface area contributed by atoms with Crippen molar-refractivity contribution in [3.8, 4) is 11.5 Å². The molecule has 1 heterocycles. The number of ether oxygens (including phenoxy) is 2. The molecule has 0 radical (unpaired) electrons. The van der Waals surface area contributed by atoms with Crippen LogP contribution >= 0.6 is 11.3 Å². The maximum Gasteiger partial charge on any atom is 0.272 e. The van der Waals surface area contributed by atoms with Gasteiger partial charge in [0.25, 0.3) is 11.8 Å². The quantitative estimate of drug-likeness (QED) is 0.189. The summed E-state index contributed by atoms with van der Waals surface area (Å²) in [5.41, 5.74) is 1.86. The molecule has 4 rings (SSSR count). The molecule has 0 saturated carbocycles. The fraction of sp³-hybridized carbons (Fsp3) is 0.0645. The number of ketones is 1. The summed E-state index contributed by atoms with van der Waals surface area (Å²) in [6, 6.07) is 24.1. The third kappa shape index (κ3) is 7.30. The van der Waals surface area contributed by atoms with E-state index in [9.17, 15) is 14.4 Å². The molecule has 2 amide bonds. The van der Waals surface area contributed by atoms with Crippen LogP contribution in [0.5, 0.6) is 11.5 Å². The van der Waals surface area contributed by atoms with Gasteiger partial charge in [0.15, 0.2) is 5.78 Å². The maximum absolute atomic E-state index is 13.3. The first-order valence-electron chi connectivity index (χ1n) is 11.9. The zero-order valence-corrected chi connectivity index (χ0v) is 22.2. The van der Waals surface area contributed by atoms with E-state index in [1.54, 1.807) is 90.2 Å². The molecule has 7 nitrogen and oxygen atoms in total. The Kier molecular flexibility index (Phi) is 9.05. The molecule has 0 saturated heterocycles. The Labute approximate surface area is 230 Å². The lowest BCUT2D eigenvalue weighted by Gasteiger charge is -2.13. The lowest BCUT2D eigenvalue weighted by Crippen LogP contribution is -2.30. The third-order valence-corrected chi connectivity index (χ3v) is 6.47. The predicted octanol–water partition coefficient (Wildman–Crippen LogP) is 6.07. The van der Waals surface area contributed by atoms with Crippen LogP contribution in [-0.2, 0) is 4.79 Å². The minimum Gasteiger partial charge on any atom is -0.497 e. The molecule has 3 aromatic carbocycles. The average molecular weight is 539 g/mol. The number of rotatable bonds is 10. The van der Waals surface area contributed by atoms with Crippen molar-refractivity contribution in [2.24, 2.45) is 0 Å². The van der Waals surface area contributed by atoms with E-state index >= 15 is 0 Å². The summed E-state index contributed by atoms with van der Waals surface area (Å²) in [6.07, 6.45) is 4.80. The van der Waals surface area contributed by atoms with Crippen molar-refractivity contribution >= 4 is 46.8 Å². The summed E-state index contributed by atoms with van der Waals surface area (Å²) in [6.45, 7) is 0. The average Bonchev–Trinajstić information content (AvgIpc) is 3.50. The minimum atomic E-state index is -0.555. The Hall–Kier alpha value is -4.95. The smallest absolute Gasteiger partial charge is 0.272 e. The summed E-state index contributed by atoms with van der Waals surface area (Å²) >= 11 is 1.54. The Bertz CT molecular complexity index is 1510. The van der Waals surface area contributed by atoms with Crippen LogP contribution in [0.25, 0.3) is 12.2 Å². The Morgan fingerprint density at radius 1 is 0.821 bits per heavy atom. The highest BCUT2D eigenvalue weighted by Gasteiger charge is 2.17. The molecule has 39 heavy (non-hydrogen) atoms. The molecule has 8 heteroatoms. The molecule has 0 atom stereocenters. The van der Waals surface area contributed by atoms with Gasteiger partial charge in [-0.3, -0.25) is 14.4 Å². The molecule has 2 N–H and O–H groups in total. The number of anilines is 1. The number of amides is 2. The van der Waals surface area contributed by atoms with Crippen molar-refractivity contribution in [3.05, 3.63) is 124 Å². The minimum absolute atomic E-state index is 0.00515. The van der Waals surface area contributed by atoms with Crippen molar-refractivity contribution in [2.45, 2.75) is 0 Å². The standard InChI is InChI=1S/C31H26N2O5S/c1-37-25-14-17-29(38-2)23(19-25)20-27(33-30(35)22-7-4-3-5-8-22)31(36)32-24-12-10-21(11-13-24)28(34)16-15-26-9-6-18-39-26/h3-20H,1-2H3,(H,32,36)(H,33,35)/b16-15+,27-20-. The summed E-state index contributed by atoms with van der Waals surface area (Å²) < 4.78 is 10.7. The van der Waals surface area contributed by atoms with Gasteiger partial charge in [0.05, 0.1) is 14.2 Å². The van der Waals surface area contributed by atoms with Crippen LogP contribution in [0.2, 0.25) is 0 Å². The van der Waals surface area contributed by atoms with E-state index in [1.165, 1.54) is 26.4 Å². The molecular formula is C31H26N2O5S.